The van der Waals surface area contributed by atoms with E-state index in [0.29, 0.717) is 0 Å². The predicted octanol–water partition coefficient (Wildman–Crippen LogP) is 2.36. The molecule has 2 nitrogen and oxygen atoms in total. The maximum absolute atomic E-state index is 5.38. The van der Waals surface area contributed by atoms with Crippen LogP contribution in [0.4, 0.5) is 0 Å². The lowest BCUT2D eigenvalue weighted by molar-refractivity contribution is 0.148. The summed E-state index contributed by atoms with van der Waals surface area (Å²) < 4.78 is 5.38. The van der Waals surface area contributed by atoms with Crippen molar-refractivity contribution in [1.29, 1.82) is 0 Å². The van der Waals surface area contributed by atoms with Gasteiger partial charge in [0, 0.05) is 6.54 Å². The minimum absolute atomic E-state index is 0.829. The summed E-state index contributed by atoms with van der Waals surface area (Å²) in [6.07, 6.45) is 5.95. The van der Waals surface area contributed by atoms with Crippen LogP contribution >= 0.6 is 0 Å². The van der Waals surface area contributed by atoms with Crippen molar-refractivity contribution in [3.63, 3.8) is 0 Å². The van der Waals surface area contributed by atoms with Gasteiger partial charge in [0.05, 0.1) is 13.2 Å². The Morgan fingerprint density at radius 1 is 1.43 bits per heavy atom. The Morgan fingerprint density at radius 3 is 2.79 bits per heavy atom. The molecular weight excluding hydrogens is 174 g/mol. The fraction of sp³-hybridized carbons (Fsp3) is 0.833. The number of nitrogens with one attached hydrogen (secondary N) is 1. The zero-order chi connectivity index (χ0) is 10.2. The van der Waals surface area contributed by atoms with Gasteiger partial charge in [-0.1, -0.05) is 32.8 Å². The molecule has 0 unspecified atom stereocenters. The van der Waals surface area contributed by atoms with Crippen molar-refractivity contribution < 1.29 is 4.74 Å². The van der Waals surface area contributed by atoms with E-state index in [1.807, 2.05) is 0 Å². The molecule has 82 valence electrons. The quantitative estimate of drug-likeness (QED) is 0.660. The first-order chi connectivity index (χ1) is 6.86. The fourth-order valence-electron chi connectivity index (χ4n) is 1.75. The average molecular weight is 197 g/mol. The van der Waals surface area contributed by atoms with Gasteiger partial charge in [-0.3, -0.25) is 0 Å². The van der Waals surface area contributed by atoms with E-state index in [2.05, 4.69) is 25.2 Å². The summed E-state index contributed by atoms with van der Waals surface area (Å²) in [5.41, 5.74) is 1.42. The van der Waals surface area contributed by atoms with Crippen molar-refractivity contribution in [2.75, 3.05) is 26.3 Å². The third-order valence-corrected chi connectivity index (χ3v) is 2.92. The first-order valence-corrected chi connectivity index (χ1v) is 5.83. The molecular formula is C12H23NO. The largest absolute Gasteiger partial charge is 0.377 e. The lowest BCUT2D eigenvalue weighted by Crippen LogP contribution is -2.26. The highest BCUT2D eigenvalue weighted by Gasteiger charge is 2.05. The summed E-state index contributed by atoms with van der Waals surface area (Å²) in [6, 6.07) is 0. The van der Waals surface area contributed by atoms with Gasteiger partial charge in [-0.05, 0) is 24.5 Å². The van der Waals surface area contributed by atoms with Crippen molar-refractivity contribution in [3.05, 3.63) is 11.6 Å². The van der Waals surface area contributed by atoms with E-state index >= 15 is 0 Å². The summed E-state index contributed by atoms with van der Waals surface area (Å²) in [4.78, 5) is 0. The average Bonchev–Trinajstić information content (AvgIpc) is 2.26. The minimum atomic E-state index is 0.829. The standard InChI is InChI=1S/C12H23NO/c1-3-11(4-2)8-13-9-12-6-5-7-14-10-12/h6,11,13H,3-5,7-10H2,1-2H3. The van der Waals surface area contributed by atoms with E-state index < -0.39 is 0 Å². The van der Waals surface area contributed by atoms with Crippen LogP contribution in [0.2, 0.25) is 0 Å². The van der Waals surface area contributed by atoms with Gasteiger partial charge >= 0.3 is 0 Å². The molecule has 0 radical (unpaired) electrons. The Kier molecular flexibility index (Phi) is 5.88. The van der Waals surface area contributed by atoms with E-state index in [1.54, 1.807) is 0 Å². The van der Waals surface area contributed by atoms with Gasteiger partial charge < -0.3 is 10.1 Å². The van der Waals surface area contributed by atoms with Gasteiger partial charge in [-0.15, -0.1) is 0 Å². The number of hydrogen-bond donors (Lipinski definition) is 1. The molecule has 0 aromatic heterocycles. The lowest BCUT2D eigenvalue weighted by Gasteiger charge is -2.17. The highest BCUT2D eigenvalue weighted by atomic mass is 16.5. The summed E-state index contributed by atoms with van der Waals surface area (Å²) in [7, 11) is 0. The molecule has 1 rings (SSSR count). The molecule has 0 amide bonds. The normalized spacial score (nSPS) is 17.2. The van der Waals surface area contributed by atoms with Crippen molar-refractivity contribution in [3.8, 4) is 0 Å². The third-order valence-electron chi connectivity index (χ3n) is 2.92. The predicted molar refractivity (Wildman–Crippen MR) is 60.5 cm³/mol. The van der Waals surface area contributed by atoms with E-state index in [9.17, 15) is 0 Å². The molecule has 0 fully saturated rings. The molecule has 0 spiro atoms. The maximum Gasteiger partial charge on any atom is 0.0689 e. The number of ether oxygens (including phenoxy) is 1. The van der Waals surface area contributed by atoms with Crippen molar-refractivity contribution in [2.24, 2.45) is 5.92 Å². The van der Waals surface area contributed by atoms with E-state index in [-0.39, 0.29) is 0 Å². The second kappa shape index (κ2) is 7.02. The molecule has 1 aliphatic rings. The van der Waals surface area contributed by atoms with Crippen LogP contribution in [0.15, 0.2) is 11.6 Å². The SMILES string of the molecule is CCC(CC)CNCC1=CCCOC1. The van der Waals surface area contributed by atoms with Crippen LogP contribution in [0.1, 0.15) is 33.1 Å². The van der Waals surface area contributed by atoms with Crippen LogP contribution in [-0.4, -0.2) is 26.3 Å². The fourth-order valence-corrected chi connectivity index (χ4v) is 1.75. The Morgan fingerprint density at radius 2 is 2.21 bits per heavy atom. The van der Waals surface area contributed by atoms with Crippen LogP contribution in [0.25, 0.3) is 0 Å². The molecule has 0 aromatic rings. The molecule has 0 saturated carbocycles. The zero-order valence-corrected chi connectivity index (χ0v) is 9.51. The van der Waals surface area contributed by atoms with Crippen LogP contribution in [0.5, 0.6) is 0 Å². The van der Waals surface area contributed by atoms with Gasteiger partial charge in [-0.25, -0.2) is 0 Å². The molecule has 14 heavy (non-hydrogen) atoms. The van der Waals surface area contributed by atoms with Gasteiger partial charge in [-0.2, -0.15) is 0 Å². The molecule has 0 atom stereocenters. The van der Waals surface area contributed by atoms with Gasteiger partial charge in [0.1, 0.15) is 0 Å². The maximum atomic E-state index is 5.38. The second-order valence-electron chi connectivity index (χ2n) is 4.02. The number of hydrogen-bond acceptors (Lipinski definition) is 2. The van der Waals surface area contributed by atoms with Gasteiger partial charge in [0.15, 0.2) is 0 Å². The Balaban J connectivity index is 2.10. The molecule has 1 heterocycles. The Bertz CT molecular complexity index is 173. The number of rotatable bonds is 6. The molecule has 1 aliphatic heterocycles. The first kappa shape index (κ1) is 11.7. The molecule has 0 bridgehead atoms. The first-order valence-electron chi connectivity index (χ1n) is 5.83. The van der Waals surface area contributed by atoms with Crippen LogP contribution in [0, 0.1) is 5.92 Å². The van der Waals surface area contributed by atoms with Crippen LogP contribution < -0.4 is 5.32 Å². The van der Waals surface area contributed by atoms with Crippen molar-refractivity contribution in [1.82, 2.24) is 5.32 Å². The van der Waals surface area contributed by atoms with E-state index in [1.165, 1.54) is 18.4 Å². The molecule has 1 N–H and O–H groups in total. The lowest BCUT2D eigenvalue weighted by atomic mass is 10.0. The Labute approximate surface area is 87.7 Å². The third kappa shape index (κ3) is 4.25. The molecule has 2 heteroatoms. The summed E-state index contributed by atoms with van der Waals surface area (Å²) in [5.74, 6) is 0.833. The van der Waals surface area contributed by atoms with E-state index in [0.717, 1.165) is 38.6 Å². The van der Waals surface area contributed by atoms with Crippen molar-refractivity contribution in [2.45, 2.75) is 33.1 Å². The van der Waals surface area contributed by atoms with E-state index in [4.69, 9.17) is 4.74 Å². The second-order valence-corrected chi connectivity index (χ2v) is 4.02. The topological polar surface area (TPSA) is 21.3 Å². The van der Waals surface area contributed by atoms with Gasteiger partial charge in [0.2, 0.25) is 0 Å². The van der Waals surface area contributed by atoms with Crippen LogP contribution in [-0.2, 0) is 4.74 Å². The monoisotopic (exact) mass is 197 g/mol. The highest BCUT2D eigenvalue weighted by molar-refractivity contribution is 5.06. The summed E-state index contributed by atoms with van der Waals surface area (Å²) in [6.45, 7) is 8.41. The smallest absolute Gasteiger partial charge is 0.0689 e. The van der Waals surface area contributed by atoms with Crippen LogP contribution in [0.3, 0.4) is 0 Å². The Hall–Kier alpha value is -0.340. The molecule has 0 aromatic carbocycles. The molecule has 0 aliphatic carbocycles. The van der Waals surface area contributed by atoms with Gasteiger partial charge in [0.25, 0.3) is 0 Å². The molecule has 0 saturated heterocycles. The van der Waals surface area contributed by atoms with Crippen molar-refractivity contribution >= 4 is 0 Å². The highest BCUT2D eigenvalue weighted by Crippen LogP contribution is 2.07. The summed E-state index contributed by atoms with van der Waals surface area (Å²) in [5, 5.41) is 3.51. The summed E-state index contributed by atoms with van der Waals surface area (Å²) >= 11 is 0. The minimum Gasteiger partial charge on any atom is -0.377 e. The zero-order valence-electron chi connectivity index (χ0n) is 9.51.